The molecule has 1 aliphatic rings. The third kappa shape index (κ3) is 9.51. The summed E-state index contributed by atoms with van der Waals surface area (Å²) < 4.78 is 11.7. The molecule has 1 aromatic carbocycles. The van der Waals surface area contributed by atoms with E-state index in [2.05, 4.69) is 19.2 Å². The molecule has 0 radical (unpaired) electrons. The predicted molar refractivity (Wildman–Crippen MR) is 170 cm³/mol. The Balaban J connectivity index is 2.20. The van der Waals surface area contributed by atoms with Gasteiger partial charge in [0, 0.05) is 40.2 Å². The molecule has 3 amide bonds. The highest BCUT2D eigenvalue weighted by Crippen LogP contribution is 2.30. The quantitative estimate of drug-likeness (QED) is 0.271. The van der Waals surface area contributed by atoms with Gasteiger partial charge in [0.05, 0.1) is 36.6 Å². The number of methoxy groups -OCH3 is 2. The molecule has 1 saturated heterocycles. The lowest BCUT2D eigenvalue weighted by Crippen LogP contribution is -2.54. The molecule has 10 nitrogen and oxygen atoms in total. The van der Waals surface area contributed by atoms with Crippen molar-refractivity contribution in [3.63, 3.8) is 0 Å². The van der Waals surface area contributed by atoms with Crippen LogP contribution in [0.5, 0.6) is 0 Å². The fourth-order valence-corrected chi connectivity index (χ4v) is 6.27. The van der Waals surface area contributed by atoms with Crippen molar-refractivity contribution in [1.29, 1.82) is 0 Å². The first-order valence-corrected chi connectivity index (χ1v) is 16.0. The van der Waals surface area contributed by atoms with Gasteiger partial charge in [-0.1, -0.05) is 78.3 Å². The van der Waals surface area contributed by atoms with Crippen LogP contribution < -0.4 is 5.32 Å². The number of aliphatic carboxylic acids is 1. The summed E-state index contributed by atoms with van der Waals surface area (Å²) >= 11 is 0. The van der Waals surface area contributed by atoms with Gasteiger partial charge in [0.15, 0.2) is 0 Å². The Labute approximate surface area is 263 Å². The van der Waals surface area contributed by atoms with Crippen LogP contribution in [0.2, 0.25) is 0 Å². The van der Waals surface area contributed by atoms with Gasteiger partial charge < -0.3 is 29.7 Å². The molecule has 44 heavy (non-hydrogen) atoms. The Kier molecular flexibility index (Phi) is 14.8. The van der Waals surface area contributed by atoms with Gasteiger partial charge in [0.2, 0.25) is 17.7 Å². The molecular formula is C34H55N3O7. The van der Waals surface area contributed by atoms with E-state index in [0.717, 1.165) is 18.4 Å². The molecule has 1 heterocycles. The zero-order valence-electron chi connectivity index (χ0n) is 28.1. The maximum absolute atomic E-state index is 13.9. The van der Waals surface area contributed by atoms with Crippen LogP contribution in [0.3, 0.4) is 0 Å². The zero-order chi connectivity index (χ0) is 33.1. The number of amides is 3. The molecule has 0 aromatic heterocycles. The van der Waals surface area contributed by atoms with Crippen LogP contribution in [-0.2, 0) is 35.1 Å². The molecule has 0 bridgehead atoms. The Morgan fingerprint density at radius 2 is 1.66 bits per heavy atom. The number of ether oxygens (including phenoxy) is 2. The topological polar surface area (TPSA) is 125 Å². The van der Waals surface area contributed by atoms with Crippen LogP contribution in [0.25, 0.3) is 0 Å². The van der Waals surface area contributed by atoms with Gasteiger partial charge in [0.1, 0.15) is 6.04 Å². The largest absolute Gasteiger partial charge is 0.480 e. The number of nitrogens with one attached hydrogen (secondary N) is 1. The van der Waals surface area contributed by atoms with Crippen LogP contribution >= 0.6 is 0 Å². The first kappa shape index (κ1) is 37.2. The van der Waals surface area contributed by atoms with E-state index in [0.29, 0.717) is 13.0 Å². The Bertz CT molecular complexity index is 1080. The normalized spacial score (nSPS) is 19.9. The van der Waals surface area contributed by atoms with E-state index in [4.69, 9.17) is 9.47 Å². The van der Waals surface area contributed by atoms with Gasteiger partial charge in [-0.25, -0.2) is 4.79 Å². The molecule has 1 aliphatic heterocycles. The van der Waals surface area contributed by atoms with E-state index in [1.54, 1.807) is 30.9 Å². The first-order chi connectivity index (χ1) is 20.8. The van der Waals surface area contributed by atoms with E-state index in [1.807, 2.05) is 51.1 Å². The van der Waals surface area contributed by atoms with Crippen molar-refractivity contribution in [2.75, 3.05) is 27.8 Å². The third-order valence-corrected chi connectivity index (χ3v) is 9.55. The SMILES string of the molecule is CC[C@H](C)[C@@H]([C@@H](CC(=O)N1CCC[C@H]1[C@H](OC)[C@@H](C)C(=O)N[C@@H](Cc1ccccc1)C(=O)O)OC)N(C)C(=O)[C@@H](C)C(C)C. The number of carbonyl (C=O) groups is 4. The molecule has 0 unspecified atom stereocenters. The molecule has 0 saturated carbocycles. The maximum atomic E-state index is 13.9. The summed E-state index contributed by atoms with van der Waals surface area (Å²) in [6.45, 7) is 12.4. The number of hydrogen-bond donors (Lipinski definition) is 2. The van der Waals surface area contributed by atoms with Crippen molar-refractivity contribution in [3.8, 4) is 0 Å². The Hall–Kier alpha value is -2.98. The molecular weight excluding hydrogens is 562 g/mol. The summed E-state index contributed by atoms with van der Waals surface area (Å²) in [5.74, 6) is -2.22. The first-order valence-electron chi connectivity index (χ1n) is 16.0. The highest BCUT2D eigenvalue weighted by molar-refractivity contribution is 5.85. The highest BCUT2D eigenvalue weighted by atomic mass is 16.5. The molecule has 0 aliphatic carbocycles. The second-order valence-corrected chi connectivity index (χ2v) is 12.7. The van der Waals surface area contributed by atoms with E-state index in [1.165, 1.54) is 7.11 Å². The van der Waals surface area contributed by atoms with Crippen molar-refractivity contribution in [3.05, 3.63) is 35.9 Å². The second kappa shape index (κ2) is 17.5. The molecule has 0 spiro atoms. The van der Waals surface area contributed by atoms with E-state index in [-0.39, 0.29) is 54.5 Å². The van der Waals surface area contributed by atoms with E-state index in [9.17, 15) is 24.3 Å². The number of hydrogen-bond acceptors (Lipinski definition) is 6. The van der Waals surface area contributed by atoms with Gasteiger partial charge in [0.25, 0.3) is 0 Å². The number of nitrogens with zero attached hydrogens (tertiary/aromatic N) is 2. The minimum Gasteiger partial charge on any atom is -0.480 e. The predicted octanol–water partition coefficient (Wildman–Crippen LogP) is 4.01. The minimum absolute atomic E-state index is 0.0325. The number of likely N-dealkylation sites (N-methyl/N-ethyl adjacent to an activating group) is 1. The van der Waals surface area contributed by atoms with Crippen LogP contribution in [0.15, 0.2) is 30.3 Å². The van der Waals surface area contributed by atoms with E-state index < -0.39 is 36.0 Å². The monoisotopic (exact) mass is 617 g/mol. The van der Waals surface area contributed by atoms with Gasteiger partial charge >= 0.3 is 5.97 Å². The van der Waals surface area contributed by atoms with Gasteiger partial charge in [-0.05, 0) is 30.2 Å². The van der Waals surface area contributed by atoms with Crippen LogP contribution in [-0.4, -0.2) is 96.7 Å². The molecule has 1 aromatic rings. The maximum Gasteiger partial charge on any atom is 0.326 e. The number of likely N-dealkylation sites (tertiary alicyclic amines) is 1. The van der Waals surface area contributed by atoms with Crippen molar-refractivity contribution in [1.82, 2.24) is 15.1 Å². The molecule has 2 rings (SSSR count). The molecule has 248 valence electrons. The summed E-state index contributed by atoms with van der Waals surface area (Å²) in [7, 11) is 4.90. The number of carboxylic acid groups (broad SMARTS) is 1. The average Bonchev–Trinajstić information content (AvgIpc) is 3.49. The summed E-state index contributed by atoms with van der Waals surface area (Å²) in [4.78, 5) is 56.0. The number of rotatable bonds is 17. The second-order valence-electron chi connectivity index (χ2n) is 12.7. The summed E-state index contributed by atoms with van der Waals surface area (Å²) in [6, 6.07) is 7.41. The summed E-state index contributed by atoms with van der Waals surface area (Å²) in [5.41, 5.74) is 0.804. The summed E-state index contributed by atoms with van der Waals surface area (Å²) in [5, 5.41) is 12.5. The van der Waals surface area contributed by atoms with Gasteiger partial charge in [-0.2, -0.15) is 0 Å². The number of carbonyl (C=O) groups excluding carboxylic acids is 3. The van der Waals surface area contributed by atoms with Crippen molar-refractivity contribution in [2.45, 2.75) is 104 Å². The lowest BCUT2D eigenvalue weighted by molar-refractivity contribution is -0.148. The van der Waals surface area contributed by atoms with Gasteiger partial charge in [-0.15, -0.1) is 0 Å². The number of benzene rings is 1. The standard InChI is InChI=1S/C34H55N3O7/c1-10-22(4)30(36(7)33(40)23(5)21(2)3)28(43-8)20-29(38)37-18-14-17-27(37)31(44-9)24(6)32(39)35-26(34(41)42)19-25-15-12-11-13-16-25/h11-13,15-16,21-24,26-28,30-31H,10,14,17-20H2,1-9H3,(H,35,39)(H,41,42)/t22-,23-,24+,26-,27-,28+,30-,31+/m0/s1. The van der Waals surface area contributed by atoms with Crippen LogP contribution in [0.1, 0.15) is 72.8 Å². The van der Waals surface area contributed by atoms with Crippen molar-refractivity contribution in [2.24, 2.45) is 23.7 Å². The third-order valence-electron chi connectivity index (χ3n) is 9.55. The van der Waals surface area contributed by atoms with Gasteiger partial charge in [-0.3, -0.25) is 14.4 Å². The number of carboxylic acids is 1. The minimum atomic E-state index is -1.12. The van der Waals surface area contributed by atoms with E-state index >= 15 is 0 Å². The Morgan fingerprint density at radius 3 is 2.18 bits per heavy atom. The molecule has 8 atom stereocenters. The Morgan fingerprint density at radius 1 is 1.02 bits per heavy atom. The van der Waals surface area contributed by atoms with Crippen LogP contribution in [0.4, 0.5) is 0 Å². The molecule has 2 N–H and O–H groups in total. The fraction of sp³-hybridized carbons (Fsp3) is 0.706. The lowest BCUT2D eigenvalue weighted by Gasteiger charge is -2.40. The zero-order valence-corrected chi connectivity index (χ0v) is 28.1. The van der Waals surface area contributed by atoms with Crippen LogP contribution in [0, 0.1) is 23.7 Å². The highest BCUT2D eigenvalue weighted by Gasteiger charge is 2.42. The summed E-state index contributed by atoms with van der Waals surface area (Å²) in [6.07, 6.45) is 1.34. The molecule has 1 fully saturated rings. The smallest absolute Gasteiger partial charge is 0.326 e. The lowest BCUT2D eigenvalue weighted by atomic mass is 9.88. The fourth-order valence-electron chi connectivity index (χ4n) is 6.27. The van der Waals surface area contributed by atoms with Crippen molar-refractivity contribution >= 4 is 23.7 Å². The molecule has 10 heteroatoms. The van der Waals surface area contributed by atoms with Crippen molar-refractivity contribution < 1.29 is 33.8 Å². The average molecular weight is 618 g/mol.